The molecule has 1 nitrogen and oxygen atoms in total. The van der Waals surface area contributed by atoms with E-state index in [2.05, 4.69) is 39.9 Å². The zero-order valence-corrected chi connectivity index (χ0v) is 9.66. The van der Waals surface area contributed by atoms with Crippen molar-refractivity contribution in [3.63, 3.8) is 0 Å². The van der Waals surface area contributed by atoms with Gasteiger partial charge < -0.3 is 0 Å². The fourth-order valence-corrected chi connectivity index (χ4v) is 3.34. The van der Waals surface area contributed by atoms with Gasteiger partial charge in [-0.2, -0.15) is 0 Å². The summed E-state index contributed by atoms with van der Waals surface area (Å²) in [5.41, 5.74) is 0.292. The maximum Gasteiger partial charge on any atom is 0.0597 e. The van der Waals surface area contributed by atoms with Gasteiger partial charge in [-0.1, -0.05) is 18.9 Å². The van der Waals surface area contributed by atoms with Gasteiger partial charge in [0.15, 0.2) is 0 Å². The molecular formula is C11H13NS2. The zero-order valence-electron chi connectivity index (χ0n) is 8.03. The van der Waals surface area contributed by atoms with Crippen LogP contribution in [-0.4, -0.2) is 11.7 Å². The van der Waals surface area contributed by atoms with Gasteiger partial charge in [0.2, 0.25) is 0 Å². The fraction of sp³-hybridized carbons (Fsp3) is 0.545. The molecule has 0 aliphatic heterocycles. The van der Waals surface area contributed by atoms with Gasteiger partial charge >= 0.3 is 0 Å². The molecule has 0 bridgehead atoms. The molecule has 1 aliphatic rings. The van der Waals surface area contributed by atoms with E-state index >= 15 is 0 Å². The molecule has 0 atom stereocenters. The Balaban J connectivity index is 2.26. The maximum absolute atomic E-state index is 4.65. The molecule has 0 aromatic carbocycles. The van der Waals surface area contributed by atoms with Crippen LogP contribution >= 0.6 is 23.6 Å². The third kappa shape index (κ3) is 1.81. The van der Waals surface area contributed by atoms with E-state index in [1.807, 2.05) is 11.3 Å². The summed E-state index contributed by atoms with van der Waals surface area (Å²) in [6, 6.07) is 4.36. The van der Waals surface area contributed by atoms with Crippen LogP contribution in [0.4, 0.5) is 0 Å². The molecule has 1 aromatic heterocycles. The second-order valence-corrected chi connectivity index (χ2v) is 5.00. The van der Waals surface area contributed by atoms with Gasteiger partial charge in [0.25, 0.3) is 0 Å². The minimum absolute atomic E-state index is 0.292. The van der Waals surface area contributed by atoms with Crippen molar-refractivity contribution in [3.05, 3.63) is 22.4 Å². The van der Waals surface area contributed by atoms with E-state index in [0.717, 1.165) is 6.54 Å². The molecule has 14 heavy (non-hydrogen) atoms. The van der Waals surface area contributed by atoms with Crippen molar-refractivity contribution in [2.45, 2.75) is 31.1 Å². The maximum atomic E-state index is 4.65. The summed E-state index contributed by atoms with van der Waals surface area (Å²) in [5, 5.41) is 4.64. The first-order valence-corrected chi connectivity index (χ1v) is 6.24. The van der Waals surface area contributed by atoms with Crippen LogP contribution in [0.15, 0.2) is 22.5 Å². The molecule has 1 fully saturated rings. The van der Waals surface area contributed by atoms with Crippen molar-refractivity contribution in [2.24, 2.45) is 4.99 Å². The summed E-state index contributed by atoms with van der Waals surface area (Å²) in [4.78, 5) is 5.63. The molecule has 0 N–H and O–H groups in total. The summed E-state index contributed by atoms with van der Waals surface area (Å²) in [6.07, 6.45) is 5.16. The number of hydrogen-bond donors (Lipinski definition) is 0. The highest BCUT2D eigenvalue weighted by molar-refractivity contribution is 7.78. The molecule has 0 amide bonds. The van der Waals surface area contributed by atoms with Gasteiger partial charge in [0, 0.05) is 10.3 Å². The summed E-state index contributed by atoms with van der Waals surface area (Å²) in [6.45, 7) is 0.830. The Bertz CT molecular complexity index is 330. The van der Waals surface area contributed by atoms with Crippen molar-refractivity contribution in [3.8, 4) is 0 Å². The predicted octanol–water partition coefficient (Wildman–Crippen LogP) is 3.66. The van der Waals surface area contributed by atoms with Crippen LogP contribution in [0.2, 0.25) is 0 Å². The van der Waals surface area contributed by atoms with Crippen molar-refractivity contribution < 1.29 is 0 Å². The molecule has 74 valence electrons. The van der Waals surface area contributed by atoms with Gasteiger partial charge in [-0.25, -0.2) is 4.99 Å². The lowest BCUT2D eigenvalue weighted by atomic mass is 9.85. The molecule has 1 saturated carbocycles. The van der Waals surface area contributed by atoms with Crippen LogP contribution in [0.1, 0.15) is 30.6 Å². The molecule has 2 rings (SSSR count). The monoisotopic (exact) mass is 223 g/mol. The van der Waals surface area contributed by atoms with Gasteiger partial charge in [-0.15, -0.1) is 11.3 Å². The predicted molar refractivity (Wildman–Crippen MR) is 64.4 cm³/mol. The van der Waals surface area contributed by atoms with E-state index in [1.54, 1.807) is 0 Å². The van der Waals surface area contributed by atoms with Crippen LogP contribution in [0.25, 0.3) is 0 Å². The Hall–Kier alpha value is -0.500. The van der Waals surface area contributed by atoms with Gasteiger partial charge in [0.05, 0.1) is 11.7 Å². The molecule has 3 heteroatoms. The second kappa shape index (κ2) is 4.35. The minimum Gasteiger partial charge on any atom is -0.232 e. The third-order valence-electron chi connectivity index (χ3n) is 3.05. The van der Waals surface area contributed by atoms with Crippen molar-refractivity contribution >= 4 is 28.7 Å². The van der Waals surface area contributed by atoms with Crippen molar-refractivity contribution in [1.29, 1.82) is 0 Å². The quantitative estimate of drug-likeness (QED) is 0.562. The van der Waals surface area contributed by atoms with Crippen molar-refractivity contribution in [2.75, 3.05) is 6.54 Å². The van der Waals surface area contributed by atoms with Crippen LogP contribution < -0.4 is 0 Å². The van der Waals surface area contributed by atoms with Gasteiger partial charge in [-0.3, -0.25) is 0 Å². The number of isothiocyanates is 1. The fourth-order valence-electron chi connectivity index (χ4n) is 2.30. The van der Waals surface area contributed by atoms with Crippen LogP contribution in [-0.2, 0) is 5.41 Å². The van der Waals surface area contributed by atoms with E-state index < -0.39 is 0 Å². The highest BCUT2D eigenvalue weighted by atomic mass is 32.1. The van der Waals surface area contributed by atoms with Gasteiger partial charge in [-0.05, 0) is 36.5 Å². The summed E-state index contributed by atoms with van der Waals surface area (Å²) >= 11 is 6.50. The minimum atomic E-state index is 0.292. The molecule has 1 heterocycles. The Morgan fingerprint density at radius 3 is 2.86 bits per heavy atom. The Labute approximate surface area is 93.9 Å². The lowest BCUT2D eigenvalue weighted by molar-refractivity contribution is 0.465. The van der Waals surface area contributed by atoms with Crippen molar-refractivity contribution in [1.82, 2.24) is 0 Å². The first-order chi connectivity index (χ1) is 6.87. The first kappa shape index (κ1) is 10.0. The van der Waals surface area contributed by atoms with E-state index in [9.17, 15) is 0 Å². The molecule has 0 spiro atoms. The van der Waals surface area contributed by atoms with Crippen LogP contribution in [0, 0.1) is 0 Å². The average molecular weight is 223 g/mol. The first-order valence-electron chi connectivity index (χ1n) is 4.95. The molecule has 1 aromatic rings. The molecule has 0 radical (unpaired) electrons. The molecule has 0 saturated heterocycles. The number of rotatable bonds is 3. The van der Waals surface area contributed by atoms with E-state index in [4.69, 9.17) is 0 Å². The summed E-state index contributed by atoms with van der Waals surface area (Å²) < 4.78 is 0. The molecule has 0 unspecified atom stereocenters. The SMILES string of the molecule is S=C=NCC1(c2cccs2)CCCC1. The zero-order chi connectivity index (χ0) is 9.86. The Morgan fingerprint density at radius 2 is 2.29 bits per heavy atom. The normalized spacial score (nSPS) is 19.1. The largest absolute Gasteiger partial charge is 0.232 e. The average Bonchev–Trinajstić information content (AvgIpc) is 2.86. The number of nitrogens with zero attached hydrogens (tertiary/aromatic N) is 1. The number of thiophene rings is 1. The lowest BCUT2D eigenvalue weighted by Crippen LogP contribution is -2.24. The number of hydrogen-bond acceptors (Lipinski definition) is 3. The van der Waals surface area contributed by atoms with Crippen LogP contribution in [0.3, 0.4) is 0 Å². The second-order valence-electron chi connectivity index (χ2n) is 3.87. The number of thiocarbonyl (C=S) groups is 1. The smallest absolute Gasteiger partial charge is 0.0597 e. The topological polar surface area (TPSA) is 12.4 Å². The summed E-state index contributed by atoms with van der Waals surface area (Å²) in [7, 11) is 0. The molecular weight excluding hydrogens is 210 g/mol. The number of aliphatic imine (C=N–C) groups is 1. The highest BCUT2D eigenvalue weighted by Crippen LogP contribution is 2.43. The van der Waals surface area contributed by atoms with E-state index in [0.29, 0.717) is 5.41 Å². The Kier molecular flexibility index (Phi) is 3.12. The third-order valence-corrected chi connectivity index (χ3v) is 4.30. The molecule has 1 aliphatic carbocycles. The van der Waals surface area contributed by atoms with E-state index in [-0.39, 0.29) is 0 Å². The van der Waals surface area contributed by atoms with Crippen LogP contribution in [0.5, 0.6) is 0 Å². The Morgan fingerprint density at radius 1 is 1.50 bits per heavy atom. The lowest BCUT2D eigenvalue weighted by Gasteiger charge is -2.24. The van der Waals surface area contributed by atoms with E-state index in [1.165, 1.54) is 30.6 Å². The van der Waals surface area contributed by atoms with Gasteiger partial charge in [0.1, 0.15) is 0 Å². The summed E-state index contributed by atoms with van der Waals surface area (Å²) in [5.74, 6) is 0. The standard InChI is InChI=1S/C11H13NS2/c13-9-12-8-11(5-1-2-6-11)10-4-3-7-14-10/h3-4,7H,1-2,5-6,8H2. The highest BCUT2D eigenvalue weighted by Gasteiger charge is 2.36.